The van der Waals surface area contributed by atoms with Crippen LogP contribution in [0.3, 0.4) is 0 Å². The molecule has 0 fully saturated rings. The van der Waals surface area contributed by atoms with Gasteiger partial charge in [0.25, 0.3) is 0 Å². The van der Waals surface area contributed by atoms with Gasteiger partial charge in [-0.1, -0.05) is 127 Å². The first kappa shape index (κ1) is 27.1. The molecule has 0 aliphatic carbocycles. The smallest absolute Gasteiger partial charge is 0.164 e. The van der Waals surface area contributed by atoms with Gasteiger partial charge in [-0.3, -0.25) is 4.98 Å². The average Bonchev–Trinajstić information content (AvgIpc) is 3.09. The van der Waals surface area contributed by atoms with Gasteiger partial charge in [0.05, 0.1) is 0 Å². The summed E-state index contributed by atoms with van der Waals surface area (Å²) in [7, 11) is 0. The summed E-state index contributed by atoms with van der Waals surface area (Å²) in [6, 6.07) is 50.4. The molecule has 2 heterocycles. The molecule has 0 atom stereocenters. The summed E-state index contributed by atoms with van der Waals surface area (Å²) in [5, 5.41) is 0. The van der Waals surface area contributed by atoms with Crippen molar-refractivity contribution >= 4 is 0 Å². The Morgan fingerprint density at radius 3 is 1.27 bits per heavy atom. The molecule has 0 N–H and O–H groups in total. The Morgan fingerprint density at radius 2 is 0.705 bits per heavy atom. The zero-order valence-electron chi connectivity index (χ0n) is 24.6. The van der Waals surface area contributed by atoms with Crippen molar-refractivity contribution in [2.24, 2.45) is 0 Å². The van der Waals surface area contributed by atoms with Crippen LogP contribution in [-0.2, 0) is 0 Å². The third-order valence-electron chi connectivity index (χ3n) is 7.67. The van der Waals surface area contributed by atoms with E-state index in [1.807, 2.05) is 56.3 Å². The summed E-state index contributed by atoms with van der Waals surface area (Å²) in [4.78, 5) is 19.3. The summed E-state index contributed by atoms with van der Waals surface area (Å²) < 4.78 is 0. The summed E-state index contributed by atoms with van der Waals surface area (Å²) in [5.74, 6) is 1.91. The number of aromatic nitrogens is 4. The van der Waals surface area contributed by atoms with Crippen molar-refractivity contribution in [1.29, 1.82) is 0 Å². The molecule has 0 unspecified atom stereocenters. The quantitative estimate of drug-likeness (QED) is 0.201. The Morgan fingerprint density at radius 1 is 0.295 bits per heavy atom. The number of hydrogen-bond acceptors (Lipinski definition) is 4. The van der Waals surface area contributed by atoms with E-state index in [0.717, 1.165) is 33.6 Å². The number of benzene rings is 5. The first-order valence-electron chi connectivity index (χ1n) is 14.7. The SMILES string of the molecule is Cc1cc(-c2nc(-c3ccccc3)nc(-c3ccc(-c4ccc(-c5ccccc5)cc4-c4ccccc4)cc3)n2)cc(C)n1. The second kappa shape index (κ2) is 11.9. The fourth-order valence-corrected chi connectivity index (χ4v) is 5.58. The van der Waals surface area contributed by atoms with E-state index in [2.05, 4.69) is 108 Å². The van der Waals surface area contributed by atoms with Gasteiger partial charge in [0.1, 0.15) is 0 Å². The van der Waals surface area contributed by atoms with Crippen molar-refractivity contribution in [3.05, 3.63) is 157 Å². The Hall–Kier alpha value is -5.74. The maximum atomic E-state index is 4.94. The zero-order chi connectivity index (χ0) is 29.9. The highest BCUT2D eigenvalue weighted by atomic mass is 15.0. The maximum Gasteiger partial charge on any atom is 0.164 e. The molecular weight excluding hydrogens is 536 g/mol. The summed E-state index contributed by atoms with van der Waals surface area (Å²) in [6.45, 7) is 3.98. The molecule has 44 heavy (non-hydrogen) atoms. The lowest BCUT2D eigenvalue weighted by Crippen LogP contribution is -2.01. The molecule has 0 saturated carbocycles. The van der Waals surface area contributed by atoms with E-state index in [1.165, 1.54) is 27.8 Å². The Bertz CT molecular complexity index is 2030. The van der Waals surface area contributed by atoms with Crippen LogP contribution in [0.4, 0.5) is 0 Å². The van der Waals surface area contributed by atoms with E-state index in [4.69, 9.17) is 15.0 Å². The molecule has 0 radical (unpaired) electrons. The molecule has 210 valence electrons. The van der Waals surface area contributed by atoms with Gasteiger partial charge in [-0.15, -0.1) is 0 Å². The summed E-state index contributed by atoms with van der Waals surface area (Å²) in [5.41, 5.74) is 11.7. The molecule has 5 aromatic carbocycles. The molecule has 7 aromatic rings. The van der Waals surface area contributed by atoms with Crippen molar-refractivity contribution in [2.45, 2.75) is 13.8 Å². The minimum Gasteiger partial charge on any atom is -0.258 e. The van der Waals surface area contributed by atoms with E-state index in [9.17, 15) is 0 Å². The lowest BCUT2D eigenvalue weighted by atomic mass is 9.91. The molecule has 2 aromatic heterocycles. The van der Waals surface area contributed by atoms with Crippen molar-refractivity contribution in [3.8, 4) is 67.5 Å². The van der Waals surface area contributed by atoms with E-state index < -0.39 is 0 Å². The van der Waals surface area contributed by atoms with Crippen LogP contribution in [0.25, 0.3) is 67.5 Å². The van der Waals surface area contributed by atoms with Gasteiger partial charge in [-0.2, -0.15) is 0 Å². The largest absolute Gasteiger partial charge is 0.258 e. The number of aryl methyl sites for hydroxylation is 2. The van der Waals surface area contributed by atoms with E-state index >= 15 is 0 Å². The molecule has 0 amide bonds. The second-order valence-corrected chi connectivity index (χ2v) is 10.9. The van der Waals surface area contributed by atoms with E-state index in [0.29, 0.717) is 17.5 Å². The highest BCUT2D eigenvalue weighted by Gasteiger charge is 2.15. The molecular formula is C40H30N4. The Labute approximate surface area is 257 Å². The van der Waals surface area contributed by atoms with Gasteiger partial charge >= 0.3 is 0 Å². The van der Waals surface area contributed by atoms with E-state index in [-0.39, 0.29) is 0 Å². The number of pyridine rings is 1. The fraction of sp³-hybridized carbons (Fsp3) is 0.0500. The van der Waals surface area contributed by atoms with Gasteiger partial charge in [-0.05, 0) is 65.4 Å². The van der Waals surface area contributed by atoms with Gasteiger partial charge < -0.3 is 0 Å². The average molecular weight is 567 g/mol. The molecule has 0 aliphatic heterocycles. The van der Waals surface area contributed by atoms with Crippen LogP contribution in [0.15, 0.2) is 146 Å². The molecule has 0 spiro atoms. The predicted octanol–water partition coefficient (Wildman–Crippen LogP) is 9.89. The summed E-state index contributed by atoms with van der Waals surface area (Å²) >= 11 is 0. The Kier molecular flexibility index (Phi) is 7.31. The third kappa shape index (κ3) is 5.66. The van der Waals surface area contributed by atoms with Crippen LogP contribution in [-0.4, -0.2) is 19.9 Å². The van der Waals surface area contributed by atoms with Crippen LogP contribution < -0.4 is 0 Å². The predicted molar refractivity (Wildman–Crippen MR) is 180 cm³/mol. The van der Waals surface area contributed by atoms with Crippen molar-refractivity contribution in [1.82, 2.24) is 19.9 Å². The topological polar surface area (TPSA) is 51.6 Å². The zero-order valence-corrected chi connectivity index (χ0v) is 24.6. The molecule has 4 heteroatoms. The third-order valence-corrected chi connectivity index (χ3v) is 7.67. The van der Waals surface area contributed by atoms with Crippen molar-refractivity contribution in [3.63, 3.8) is 0 Å². The molecule has 7 rings (SSSR count). The maximum absolute atomic E-state index is 4.94. The van der Waals surface area contributed by atoms with Gasteiger partial charge in [0, 0.05) is 28.1 Å². The number of nitrogens with zero attached hydrogens (tertiary/aromatic N) is 4. The van der Waals surface area contributed by atoms with Crippen molar-refractivity contribution < 1.29 is 0 Å². The second-order valence-electron chi connectivity index (χ2n) is 10.9. The lowest BCUT2D eigenvalue weighted by Gasteiger charge is -2.14. The molecule has 0 saturated heterocycles. The normalized spacial score (nSPS) is 11.0. The minimum atomic E-state index is 0.634. The first-order valence-corrected chi connectivity index (χ1v) is 14.7. The highest BCUT2D eigenvalue weighted by molar-refractivity contribution is 5.87. The molecule has 4 nitrogen and oxygen atoms in total. The number of hydrogen-bond donors (Lipinski definition) is 0. The van der Waals surface area contributed by atoms with Crippen molar-refractivity contribution in [2.75, 3.05) is 0 Å². The minimum absolute atomic E-state index is 0.634. The van der Waals surface area contributed by atoms with Crippen LogP contribution in [0.2, 0.25) is 0 Å². The highest BCUT2D eigenvalue weighted by Crippen LogP contribution is 2.36. The molecule has 0 aliphatic rings. The van der Waals surface area contributed by atoms with Gasteiger partial charge in [0.15, 0.2) is 17.5 Å². The monoisotopic (exact) mass is 566 g/mol. The van der Waals surface area contributed by atoms with Crippen LogP contribution in [0, 0.1) is 13.8 Å². The molecule has 0 bridgehead atoms. The van der Waals surface area contributed by atoms with Crippen LogP contribution in [0.5, 0.6) is 0 Å². The summed E-state index contributed by atoms with van der Waals surface area (Å²) in [6.07, 6.45) is 0. The van der Waals surface area contributed by atoms with Gasteiger partial charge in [0.2, 0.25) is 0 Å². The first-order chi connectivity index (χ1) is 21.6. The van der Waals surface area contributed by atoms with Crippen LogP contribution in [0.1, 0.15) is 11.4 Å². The lowest BCUT2D eigenvalue weighted by molar-refractivity contribution is 1.06. The fourth-order valence-electron chi connectivity index (χ4n) is 5.58. The number of rotatable bonds is 6. The van der Waals surface area contributed by atoms with Gasteiger partial charge in [-0.25, -0.2) is 15.0 Å². The standard InChI is InChI=1S/C40H30N4/c1-27-24-35(25-28(2)41-27)40-43-38(32-16-10-5-11-17-32)42-39(44-40)33-20-18-31(19-21-33)36-23-22-34(29-12-6-3-7-13-29)26-37(36)30-14-8-4-9-15-30/h3-26H,1-2H3. The van der Waals surface area contributed by atoms with E-state index in [1.54, 1.807) is 0 Å². The Balaban J connectivity index is 1.32. The van der Waals surface area contributed by atoms with Crippen LogP contribution >= 0.6 is 0 Å².